The van der Waals surface area contributed by atoms with Gasteiger partial charge in [0.1, 0.15) is 5.78 Å². The van der Waals surface area contributed by atoms with Gasteiger partial charge in [0.05, 0.1) is 18.0 Å². The molecule has 5 rings (SSSR count). The van der Waals surface area contributed by atoms with Crippen LogP contribution in [0.25, 0.3) is 16.9 Å². The van der Waals surface area contributed by atoms with E-state index in [0.717, 1.165) is 36.9 Å². The lowest BCUT2D eigenvalue weighted by Crippen LogP contribution is -2.46. The number of carbonyl (C=O) groups is 3. The summed E-state index contributed by atoms with van der Waals surface area (Å²) in [5, 5.41) is 4.60. The monoisotopic (exact) mass is 487 g/mol. The molecule has 8 heteroatoms. The second-order valence-corrected chi connectivity index (χ2v) is 9.80. The second kappa shape index (κ2) is 10.2. The van der Waals surface area contributed by atoms with Crippen LogP contribution >= 0.6 is 0 Å². The van der Waals surface area contributed by atoms with E-state index in [4.69, 9.17) is 0 Å². The zero-order valence-electron chi connectivity index (χ0n) is 21.0. The van der Waals surface area contributed by atoms with Crippen LogP contribution in [0.15, 0.2) is 42.5 Å². The van der Waals surface area contributed by atoms with E-state index in [1.165, 1.54) is 0 Å². The Kier molecular flexibility index (Phi) is 6.85. The van der Waals surface area contributed by atoms with Crippen LogP contribution in [-0.4, -0.2) is 68.2 Å². The quantitative estimate of drug-likeness (QED) is 0.484. The number of amides is 2. The number of nitrogens with zero attached hydrogens (tertiary/aromatic N) is 5. The maximum atomic E-state index is 13.2. The molecule has 0 spiro atoms. The van der Waals surface area contributed by atoms with E-state index in [1.807, 2.05) is 66.1 Å². The van der Waals surface area contributed by atoms with E-state index in [2.05, 4.69) is 10.1 Å². The van der Waals surface area contributed by atoms with E-state index in [-0.39, 0.29) is 35.9 Å². The average molecular weight is 488 g/mol. The van der Waals surface area contributed by atoms with E-state index in [9.17, 15) is 14.4 Å². The SMILES string of the molecule is CCN(CC)C(=O)C1CCCN(C(=O)c2ccc(-c3cccc4nc(CC(=O)C5CC5)nn34)cc2)C1. The molecule has 1 atom stereocenters. The van der Waals surface area contributed by atoms with E-state index >= 15 is 0 Å². The summed E-state index contributed by atoms with van der Waals surface area (Å²) in [6.07, 6.45) is 3.89. The number of pyridine rings is 1. The Bertz CT molecular complexity index is 1270. The Hall–Kier alpha value is -3.55. The van der Waals surface area contributed by atoms with Gasteiger partial charge < -0.3 is 9.80 Å². The summed E-state index contributed by atoms with van der Waals surface area (Å²) in [5.74, 6) is 0.920. The molecule has 1 aliphatic carbocycles. The normalized spacial score (nSPS) is 17.8. The fourth-order valence-electron chi connectivity index (χ4n) is 5.07. The van der Waals surface area contributed by atoms with Crippen molar-refractivity contribution in [1.29, 1.82) is 0 Å². The fraction of sp³-hybridized carbons (Fsp3) is 0.464. The number of benzene rings is 1. The van der Waals surface area contributed by atoms with Crippen LogP contribution in [0.2, 0.25) is 0 Å². The summed E-state index contributed by atoms with van der Waals surface area (Å²) in [6, 6.07) is 13.3. The molecule has 2 aliphatic rings. The van der Waals surface area contributed by atoms with E-state index < -0.39 is 0 Å². The lowest BCUT2D eigenvalue weighted by Gasteiger charge is -2.34. The predicted molar refractivity (Wildman–Crippen MR) is 136 cm³/mol. The van der Waals surface area contributed by atoms with Crippen molar-refractivity contribution in [2.75, 3.05) is 26.2 Å². The number of ketones is 1. The maximum Gasteiger partial charge on any atom is 0.253 e. The minimum absolute atomic E-state index is 0.0431. The molecule has 1 aromatic carbocycles. The summed E-state index contributed by atoms with van der Waals surface area (Å²) in [6.45, 7) is 6.50. The molecule has 0 radical (unpaired) electrons. The second-order valence-electron chi connectivity index (χ2n) is 9.80. The van der Waals surface area contributed by atoms with Crippen molar-refractivity contribution >= 4 is 23.2 Å². The van der Waals surface area contributed by atoms with Crippen LogP contribution in [0.3, 0.4) is 0 Å². The number of hydrogen-bond donors (Lipinski definition) is 0. The highest BCUT2D eigenvalue weighted by atomic mass is 16.2. The molecule has 8 nitrogen and oxygen atoms in total. The standard InChI is InChI=1S/C28H33N5O3/c1-3-31(4-2)28(36)22-7-6-16-32(18-22)27(35)21-14-10-19(11-15-21)23-8-5-9-26-29-25(30-33(23)26)17-24(34)20-12-13-20/h5,8-11,14-15,20,22H,3-4,6-7,12-13,16-18H2,1-2H3. The summed E-state index contributed by atoms with van der Waals surface area (Å²) < 4.78 is 1.76. The van der Waals surface area contributed by atoms with Gasteiger partial charge in [-0.3, -0.25) is 14.4 Å². The fourth-order valence-corrected chi connectivity index (χ4v) is 5.07. The van der Waals surface area contributed by atoms with Gasteiger partial charge in [-0.2, -0.15) is 5.10 Å². The summed E-state index contributed by atoms with van der Waals surface area (Å²) in [7, 11) is 0. The zero-order chi connectivity index (χ0) is 25.2. The third kappa shape index (κ3) is 4.90. The van der Waals surface area contributed by atoms with Crippen LogP contribution in [0.5, 0.6) is 0 Å². The first-order valence-corrected chi connectivity index (χ1v) is 13.0. The van der Waals surface area contributed by atoms with Crippen molar-refractivity contribution in [2.45, 2.75) is 46.0 Å². The molecule has 2 aromatic heterocycles. The van der Waals surface area contributed by atoms with Gasteiger partial charge in [0.25, 0.3) is 5.91 Å². The lowest BCUT2D eigenvalue weighted by atomic mass is 9.95. The molecule has 36 heavy (non-hydrogen) atoms. The van der Waals surface area contributed by atoms with Gasteiger partial charge in [0, 0.05) is 43.2 Å². The highest BCUT2D eigenvalue weighted by Gasteiger charge is 2.31. The van der Waals surface area contributed by atoms with Gasteiger partial charge in [-0.15, -0.1) is 0 Å². The number of likely N-dealkylation sites (tertiary alicyclic amines) is 1. The van der Waals surface area contributed by atoms with Gasteiger partial charge in [-0.05, 0) is 63.8 Å². The molecule has 3 heterocycles. The van der Waals surface area contributed by atoms with E-state index in [1.54, 1.807) is 4.52 Å². The Labute approximate surface area is 211 Å². The first-order chi connectivity index (χ1) is 17.5. The van der Waals surface area contributed by atoms with E-state index in [0.29, 0.717) is 43.2 Å². The Morgan fingerprint density at radius 1 is 0.972 bits per heavy atom. The number of rotatable bonds is 8. The van der Waals surface area contributed by atoms with Crippen LogP contribution < -0.4 is 0 Å². The number of aromatic nitrogens is 3. The van der Waals surface area contributed by atoms with Crippen molar-refractivity contribution in [3.63, 3.8) is 0 Å². The number of carbonyl (C=O) groups excluding carboxylic acids is 3. The van der Waals surface area contributed by atoms with Gasteiger partial charge in [0.15, 0.2) is 11.5 Å². The minimum Gasteiger partial charge on any atom is -0.343 e. The molecule has 1 aliphatic heterocycles. The third-order valence-electron chi connectivity index (χ3n) is 7.33. The van der Waals surface area contributed by atoms with Crippen molar-refractivity contribution in [2.24, 2.45) is 11.8 Å². The first-order valence-electron chi connectivity index (χ1n) is 13.0. The molecule has 1 saturated carbocycles. The Morgan fingerprint density at radius 2 is 1.72 bits per heavy atom. The number of fused-ring (bicyclic) bond motifs is 1. The number of Topliss-reactive ketones (excluding diaryl/α,β-unsaturated/α-hetero) is 1. The lowest BCUT2D eigenvalue weighted by molar-refractivity contribution is -0.136. The molecule has 188 valence electrons. The average Bonchev–Trinajstić information content (AvgIpc) is 3.69. The maximum absolute atomic E-state index is 13.2. The first kappa shape index (κ1) is 24.2. The van der Waals surface area contributed by atoms with Crippen LogP contribution in [0.1, 0.15) is 55.7 Å². The minimum atomic E-state index is -0.132. The van der Waals surface area contributed by atoms with Gasteiger partial charge >= 0.3 is 0 Å². The molecule has 2 fully saturated rings. The predicted octanol–water partition coefficient (Wildman–Crippen LogP) is 3.64. The highest BCUT2D eigenvalue weighted by molar-refractivity contribution is 5.95. The van der Waals surface area contributed by atoms with Gasteiger partial charge in [0.2, 0.25) is 5.91 Å². The molecule has 1 unspecified atom stereocenters. The van der Waals surface area contributed by atoms with Crippen molar-refractivity contribution in [3.8, 4) is 11.3 Å². The van der Waals surface area contributed by atoms with Crippen molar-refractivity contribution in [1.82, 2.24) is 24.4 Å². The summed E-state index contributed by atoms with van der Waals surface area (Å²) >= 11 is 0. The van der Waals surface area contributed by atoms with Crippen molar-refractivity contribution in [3.05, 3.63) is 53.9 Å². The Balaban J connectivity index is 1.31. The molecular weight excluding hydrogens is 454 g/mol. The van der Waals surface area contributed by atoms with Gasteiger partial charge in [-0.1, -0.05) is 18.2 Å². The molecule has 0 bridgehead atoms. The topological polar surface area (TPSA) is 87.9 Å². The third-order valence-corrected chi connectivity index (χ3v) is 7.33. The van der Waals surface area contributed by atoms with Crippen LogP contribution in [-0.2, 0) is 16.0 Å². The van der Waals surface area contributed by atoms with Gasteiger partial charge in [-0.25, -0.2) is 9.50 Å². The van der Waals surface area contributed by atoms with Crippen LogP contribution in [0.4, 0.5) is 0 Å². The number of piperidine rings is 1. The molecule has 3 aromatic rings. The highest BCUT2D eigenvalue weighted by Crippen LogP contribution is 2.31. The van der Waals surface area contributed by atoms with Crippen LogP contribution in [0, 0.1) is 11.8 Å². The molecule has 2 amide bonds. The molecule has 0 N–H and O–H groups in total. The smallest absolute Gasteiger partial charge is 0.253 e. The number of hydrogen-bond acceptors (Lipinski definition) is 5. The van der Waals surface area contributed by atoms with Crippen molar-refractivity contribution < 1.29 is 14.4 Å². The summed E-state index contributed by atoms with van der Waals surface area (Å²) in [5.41, 5.74) is 3.07. The molecular formula is C28H33N5O3. The summed E-state index contributed by atoms with van der Waals surface area (Å²) in [4.78, 5) is 46.5. The largest absolute Gasteiger partial charge is 0.343 e. The zero-order valence-corrected chi connectivity index (χ0v) is 21.0. The molecule has 1 saturated heterocycles. The Morgan fingerprint density at radius 3 is 2.42 bits per heavy atom.